The SMILES string of the molecule is Cc1cc(C)cc(C2CCCN2C(=O)COc2ccc([N+](=O)[O-])cc2)c1. The third-order valence-electron chi connectivity index (χ3n) is 4.61. The molecule has 1 atom stereocenters. The molecular formula is C20H22N2O4. The molecule has 1 amide bonds. The van der Waals surface area contributed by atoms with Gasteiger partial charge in [-0.3, -0.25) is 14.9 Å². The minimum Gasteiger partial charge on any atom is -0.484 e. The predicted octanol–water partition coefficient (Wildman–Crippen LogP) is 3.95. The summed E-state index contributed by atoms with van der Waals surface area (Å²) in [6.45, 7) is 4.78. The molecule has 0 bridgehead atoms. The van der Waals surface area contributed by atoms with Crippen LogP contribution in [0.1, 0.15) is 35.6 Å². The topological polar surface area (TPSA) is 72.7 Å². The summed E-state index contributed by atoms with van der Waals surface area (Å²) in [5.41, 5.74) is 3.56. The molecular weight excluding hydrogens is 332 g/mol. The largest absolute Gasteiger partial charge is 0.484 e. The summed E-state index contributed by atoms with van der Waals surface area (Å²) in [7, 11) is 0. The summed E-state index contributed by atoms with van der Waals surface area (Å²) >= 11 is 0. The van der Waals surface area contributed by atoms with Crippen LogP contribution in [0, 0.1) is 24.0 Å². The van der Waals surface area contributed by atoms with Crippen LogP contribution in [0.4, 0.5) is 5.69 Å². The number of hydrogen-bond donors (Lipinski definition) is 0. The number of carbonyl (C=O) groups excluding carboxylic acids is 1. The molecule has 0 N–H and O–H groups in total. The molecule has 0 aromatic heterocycles. The number of carbonyl (C=O) groups is 1. The van der Waals surface area contributed by atoms with Crippen LogP contribution in [0.3, 0.4) is 0 Å². The van der Waals surface area contributed by atoms with Crippen LogP contribution in [0.5, 0.6) is 5.75 Å². The van der Waals surface area contributed by atoms with Gasteiger partial charge in [-0.2, -0.15) is 0 Å². The van der Waals surface area contributed by atoms with Gasteiger partial charge in [-0.05, 0) is 44.4 Å². The van der Waals surface area contributed by atoms with Crippen molar-refractivity contribution in [1.29, 1.82) is 0 Å². The molecule has 3 rings (SSSR count). The maximum atomic E-state index is 12.6. The molecule has 2 aromatic rings. The van der Waals surface area contributed by atoms with E-state index in [1.54, 1.807) is 0 Å². The van der Waals surface area contributed by atoms with Crippen molar-refractivity contribution < 1.29 is 14.5 Å². The van der Waals surface area contributed by atoms with Gasteiger partial charge < -0.3 is 9.64 Å². The van der Waals surface area contributed by atoms with E-state index in [9.17, 15) is 14.9 Å². The lowest BCUT2D eigenvalue weighted by atomic mass is 9.99. The number of likely N-dealkylation sites (tertiary alicyclic amines) is 1. The van der Waals surface area contributed by atoms with Crippen LogP contribution in [-0.2, 0) is 4.79 Å². The van der Waals surface area contributed by atoms with Crippen molar-refractivity contribution in [3.63, 3.8) is 0 Å². The summed E-state index contributed by atoms with van der Waals surface area (Å²) in [6, 6.07) is 12.3. The Balaban J connectivity index is 1.65. The standard InChI is InChI=1S/C20H22N2O4/c1-14-10-15(2)12-16(11-14)19-4-3-9-21(19)20(23)13-26-18-7-5-17(6-8-18)22(24)25/h5-8,10-12,19H,3-4,9,13H2,1-2H3. The average molecular weight is 354 g/mol. The maximum Gasteiger partial charge on any atom is 0.269 e. The highest BCUT2D eigenvalue weighted by molar-refractivity contribution is 5.78. The summed E-state index contributed by atoms with van der Waals surface area (Å²) in [5, 5.41) is 10.7. The van der Waals surface area contributed by atoms with Gasteiger partial charge in [-0.25, -0.2) is 0 Å². The van der Waals surface area contributed by atoms with E-state index in [2.05, 4.69) is 32.0 Å². The Hall–Kier alpha value is -2.89. The van der Waals surface area contributed by atoms with Crippen LogP contribution >= 0.6 is 0 Å². The number of non-ortho nitro benzene ring substituents is 1. The molecule has 26 heavy (non-hydrogen) atoms. The van der Waals surface area contributed by atoms with Crippen LogP contribution in [0.15, 0.2) is 42.5 Å². The number of nitro benzene ring substituents is 1. The van der Waals surface area contributed by atoms with Crippen molar-refractivity contribution in [2.24, 2.45) is 0 Å². The number of aryl methyl sites for hydroxylation is 2. The van der Waals surface area contributed by atoms with Crippen molar-refractivity contribution in [3.8, 4) is 5.75 Å². The molecule has 1 unspecified atom stereocenters. The van der Waals surface area contributed by atoms with Gasteiger partial charge in [0.25, 0.3) is 11.6 Å². The Morgan fingerprint density at radius 2 is 1.85 bits per heavy atom. The highest BCUT2D eigenvalue weighted by Crippen LogP contribution is 2.33. The number of amides is 1. The zero-order valence-electron chi connectivity index (χ0n) is 15.0. The first-order chi connectivity index (χ1) is 12.4. The quantitative estimate of drug-likeness (QED) is 0.602. The van der Waals surface area contributed by atoms with Crippen molar-refractivity contribution in [3.05, 3.63) is 69.3 Å². The van der Waals surface area contributed by atoms with E-state index in [4.69, 9.17) is 4.74 Å². The van der Waals surface area contributed by atoms with Crippen molar-refractivity contribution in [1.82, 2.24) is 4.90 Å². The monoisotopic (exact) mass is 354 g/mol. The molecule has 1 heterocycles. The van der Waals surface area contributed by atoms with Crippen LogP contribution in [-0.4, -0.2) is 28.9 Å². The number of rotatable bonds is 5. The highest BCUT2D eigenvalue weighted by Gasteiger charge is 2.30. The van der Waals surface area contributed by atoms with Gasteiger partial charge in [0.05, 0.1) is 11.0 Å². The molecule has 1 saturated heterocycles. The Bertz CT molecular complexity index is 797. The Labute approximate surface area is 152 Å². The second kappa shape index (κ2) is 7.56. The maximum absolute atomic E-state index is 12.6. The predicted molar refractivity (Wildman–Crippen MR) is 98.2 cm³/mol. The first-order valence-corrected chi connectivity index (χ1v) is 8.69. The Morgan fingerprint density at radius 1 is 1.19 bits per heavy atom. The van der Waals surface area contributed by atoms with E-state index >= 15 is 0 Å². The van der Waals surface area contributed by atoms with E-state index in [0.29, 0.717) is 5.75 Å². The van der Waals surface area contributed by atoms with Crippen molar-refractivity contribution in [2.75, 3.05) is 13.2 Å². The van der Waals surface area contributed by atoms with Crippen LogP contribution < -0.4 is 4.74 Å². The number of nitrogens with zero attached hydrogens (tertiary/aromatic N) is 2. The average Bonchev–Trinajstić information content (AvgIpc) is 3.09. The molecule has 0 spiro atoms. The fourth-order valence-corrected chi connectivity index (χ4v) is 3.51. The molecule has 1 aliphatic rings. The smallest absolute Gasteiger partial charge is 0.269 e. The molecule has 0 saturated carbocycles. The summed E-state index contributed by atoms with van der Waals surface area (Å²) in [5.74, 6) is 0.385. The molecule has 2 aromatic carbocycles. The lowest BCUT2D eigenvalue weighted by molar-refractivity contribution is -0.384. The zero-order chi connectivity index (χ0) is 18.7. The molecule has 136 valence electrons. The van der Waals surface area contributed by atoms with Gasteiger partial charge in [-0.15, -0.1) is 0 Å². The highest BCUT2D eigenvalue weighted by atomic mass is 16.6. The first kappa shape index (κ1) is 17.9. The molecule has 0 radical (unpaired) electrons. The van der Waals surface area contributed by atoms with Gasteiger partial charge >= 0.3 is 0 Å². The molecule has 1 fully saturated rings. The van der Waals surface area contributed by atoms with E-state index < -0.39 is 4.92 Å². The summed E-state index contributed by atoms with van der Waals surface area (Å²) < 4.78 is 5.53. The van der Waals surface area contributed by atoms with Crippen molar-refractivity contribution >= 4 is 11.6 Å². The molecule has 6 heteroatoms. The number of hydrogen-bond acceptors (Lipinski definition) is 4. The molecule has 6 nitrogen and oxygen atoms in total. The minimum absolute atomic E-state index is 0.00176. The van der Waals surface area contributed by atoms with E-state index in [1.165, 1.54) is 41.0 Å². The van der Waals surface area contributed by atoms with E-state index in [1.807, 2.05) is 4.90 Å². The lowest BCUT2D eigenvalue weighted by Crippen LogP contribution is -2.34. The zero-order valence-corrected chi connectivity index (χ0v) is 15.0. The number of ether oxygens (including phenoxy) is 1. The first-order valence-electron chi connectivity index (χ1n) is 8.69. The lowest BCUT2D eigenvalue weighted by Gasteiger charge is -2.25. The normalized spacial score (nSPS) is 16.5. The summed E-state index contributed by atoms with van der Waals surface area (Å²) in [4.78, 5) is 24.7. The van der Waals surface area contributed by atoms with Gasteiger partial charge in [0, 0.05) is 18.7 Å². The van der Waals surface area contributed by atoms with Crippen LogP contribution in [0.2, 0.25) is 0 Å². The molecule has 0 aliphatic carbocycles. The van der Waals surface area contributed by atoms with Crippen molar-refractivity contribution in [2.45, 2.75) is 32.7 Å². The van der Waals surface area contributed by atoms with Gasteiger partial charge in [0.1, 0.15) is 5.75 Å². The fourth-order valence-electron chi connectivity index (χ4n) is 3.51. The van der Waals surface area contributed by atoms with Gasteiger partial charge in [0.15, 0.2) is 6.61 Å². The third-order valence-corrected chi connectivity index (χ3v) is 4.61. The van der Waals surface area contributed by atoms with Crippen LogP contribution in [0.25, 0.3) is 0 Å². The second-order valence-electron chi connectivity index (χ2n) is 6.71. The third kappa shape index (κ3) is 4.02. The Morgan fingerprint density at radius 3 is 2.46 bits per heavy atom. The second-order valence-corrected chi connectivity index (χ2v) is 6.71. The Kier molecular flexibility index (Phi) is 5.21. The number of nitro groups is 1. The number of benzene rings is 2. The fraction of sp³-hybridized carbons (Fsp3) is 0.350. The summed E-state index contributed by atoms with van der Waals surface area (Å²) in [6.07, 6.45) is 1.92. The van der Waals surface area contributed by atoms with E-state index in [-0.39, 0.29) is 24.2 Å². The van der Waals surface area contributed by atoms with Gasteiger partial charge in [0.2, 0.25) is 0 Å². The van der Waals surface area contributed by atoms with Gasteiger partial charge in [-0.1, -0.05) is 29.3 Å². The minimum atomic E-state index is -0.465. The molecule has 1 aliphatic heterocycles. The van der Waals surface area contributed by atoms with E-state index in [0.717, 1.165) is 19.4 Å².